The molecular formula is C57H96NO8+. The standard InChI is InChI=1S/C57H95NO8/c1-6-8-10-12-14-16-18-20-22-23-24-25-26-27-28-29-30-31-32-33-34-36-38-40-42-44-46-48-55(60)66-53(52-65-57(56(61)62)63-50-49-58(3,4)5)51-64-54(59)47-45-43-41-39-37-35-21-19-17-15-13-11-9-7-2/h8,10,14,16,19-22,24-25,27-28,30-31,33-34,53,57H,6-7,9,11-13,15,17-18,23,26,29,32,35-52H2,1-5H3/p+1/b10-8-,16-14-,21-19-,22-20-,25-24-,28-27-,31-30-,34-33-. The number of quaternary nitrogens is 1. The Morgan fingerprint density at radius 3 is 1.30 bits per heavy atom. The van der Waals surface area contributed by atoms with Crippen LogP contribution in [-0.4, -0.2) is 87.4 Å². The van der Waals surface area contributed by atoms with Gasteiger partial charge in [-0.3, -0.25) is 9.59 Å². The Kier molecular flexibility index (Phi) is 45.0. The number of carboxylic acid groups (broad SMARTS) is 1. The van der Waals surface area contributed by atoms with E-state index in [2.05, 4.69) is 111 Å². The summed E-state index contributed by atoms with van der Waals surface area (Å²) in [7, 11) is 5.94. The molecule has 1 N–H and O–H groups in total. The van der Waals surface area contributed by atoms with Crippen molar-refractivity contribution in [3.8, 4) is 0 Å². The van der Waals surface area contributed by atoms with E-state index < -0.39 is 24.3 Å². The number of rotatable bonds is 46. The topological polar surface area (TPSA) is 108 Å². The molecule has 0 saturated heterocycles. The van der Waals surface area contributed by atoms with E-state index in [0.29, 0.717) is 17.4 Å². The van der Waals surface area contributed by atoms with Crippen molar-refractivity contribution < 1.29 is 42.9 Å². The minimum atomic E-state index is -1.52. The number of carbonyl (C=O) groups is 3. The first-order valence-electron chi connectivity index (χ1n) is 25.9. The predicted octanol–water partition coefficient (Wildman–Crippen LogP) is 14.6. The fourth-order valence-electron chi connectivity index (χ4n) is 6.57. The summed E-state index contributed by atoms with van der Waals surface area (Å²) in [5.41, 5.74) is 0. The Labute approximate surface area is 403 Å². The van der Waals surface area contributed by atoms with Gasteiger partial charge in [0.2, 0.25) is 0 Å². The van der Waals surface area contributed by atoms with E-state index in [1.54, 1.807) is 0 Å². The molecule has 0 radical (unpaired) electrons. The second-order valence-corrected chi connectivity index (χ2v) is 18.1. The molecule has 9 nitrogen and oxygen atoms in total. The normalized spacial score (nSPS) is 13.7. The van der Waals surface area contributed by atoms with Gasteiger partial charge in [0.15, 0.2) is 6.10 Å². The summed E-state index contributed by atoms with van der Waals surface area (Å²) in [5.74, 6) is -2.06. The van der Waals surface area contributed by atoms with Gasteiger partial charge in [-0.1, -0.05) is 175 Å². The average Bonchev–Trinajstić information content (AvgIpc) is 3.28. The molecule has 0 saturated carbocycles. The van der Waals surface area contributed by atoms with Crippen molar-refractivity contribution in [3.63, 3.8) is 0 Å². The molecule has 0 fully saturated rings. The first-order valence-corrected chi connectivity index (χ1v) is 25.9. The summed E-state index contributed by atoms with van der Waals surface area (Å²) in [6.45, 7) is 4.70. The highest BCUT2D eigenvalue weighted by molar-refractivity contribution is 5.71. The van der Waals surface area contributed by atoms with Crippen molar-refractivity contribution >= 4 is 17.9 Å². The van der Waals surface area contributed by atoms with Crippen molar-refractivity contribution in [2.75, 3.05) is 47.5 Å². The number of ether oxygens (including phenoxy) is 4. The van der Waals surface area contributed by atoms with Crippen molar-refractivity contribution in [3.05, 3.63) is 97.2 Å². The third-order valence-corrected chi connectivity index (χ3v) is 10.6. The monoisotopic (exact) mass is 923 g/mol. The van der Waals surface area contributed by atoms with Gasteiger partial charge in [0.1, 0.15) is 13.2 Å². The lowest BCUT2D eigenvalue weighted by Gasteiger charge is -2.25. The van der Waals surface area contributed by atoms with E-state index in [9.17, 15) is 19.5 Å². The van der Waals surface area contributed by atoms with Crippen LogP contribution in [-0.2, 0) is 33.3 Å². The lowest BCUT2D eigenvalue weighted by molar-refractivity contribution is -0.870. The number of carboxylic acids is 1. The zero-order valence-electron chi connectivity index (χ0n) is 42.6. The Hall–Kier alpha value is -3.79. The second kappa shape index (κ2) is 47.7. The number of carbonyl (C=O) groups excluding carboxylic acids is 2. The average molecular weight is 923 g/mol. The fraction of sp³-hybridized carbons (Fsp3) is 0.667. The lowest BCUT2D eigenvalue weighted by atomic mass is 10.1. The summed E-state index contributed by atoms with van der Waals surface area (Å²) >= 11 is 0. The van der Waals surface area contributed by atoms with Gasteiger partial charge in [0.05, 0.1) is 34.4 Å². The van der Waals surface area contributed by atoms with Crippen LogP contribution in [0.4, 0.5) is 0 Å². The zero-order chi connectivity index (χ0) is 48.4. The molecule has 0 spiro atoms. The van der Waals surface area contributed by atoms with Gasteiger partial charge >= 0.3 is 17.9 Å². The highest BCUT2D eigenvalue weighted by atomic mass is 16.7. The van der Waals surface area contributed by atoms with Crippen molar-refractivity contribution in [2.45, 2.75) is 200 Å². The van der Waals surface area contributed by atoms with E-state index in [1.165, 1.54) is 38.5 Å². The molecule has 2 atom stereocenters. The minimum absolute atomic E-state index is 0.177. The van der Waals surface area contributed by atoms with Gasteiger partial charge < -0.3 is 28.5 Å². The molecule has 0 aliphatic carbocycles. The van der Waals surface area contributed by atoms with Gasteiger partial charge in [0, 0.05) is 12.8 Å². The van der Waals surface area contributed by atoms with Crippen molar-refractivity contribution in [1.29, 1.82) is 0 Å². The third-order valence-electron chi connectivity index (χ3n) is 10.6. The van der Waals surface area contributed by atoms with Crippen molar-refractivity contribution in [1.82, 2.24) is 0 Å². The van der Waals surface area contributed by atoms with Crippen LogP contribution in [0.3, 0.4) is 0 Å². The van der Waals surface area contributed by atoms with Crippen LogP contribution in [0.2, 0.25) is 0 Å². The summed E-state index contributed by atoms with van der Waals surface area (Å²) in [5, 5.41) is 9.67. The number of allylic oxidation sites excluding steroid dienone is 16. The van der Waals surface area contributed by atoms with Crippen LogP contribution < -0.4 is 0 Å². The Morgan fingerprint density at radius 2 is 0.864 bits per heavy atom. The van der Waals surface area contributed by atoms with Gasteiger partial charge in [-0.15, -0.1) is 0 Å². The fourth-order valence-corrected chi connectivity index (χ4v) is 6.57. The molecule has 0 aliphatic rings. The van der Waals surface area contributed by atoms with Crippen LogP contribution >= 0.6 is 0 Å². The first-order chi connectivity index (χ1) is 32.1. The highest BCUT2D eigenvalue weighted by Crippen LogP contribution is 2.13. The van der Waals surface area contributed by atoms with E-state index in [-0.39, 0.29) is 38.6 Å². The summed E-state index contributed by atoms with van der Waals surface area (Å²) < 4.78 is 22.8. The number of esters is 2. The molecule has 0 aromatic heterocycles. The molecule has 0 aromatic carbocycles. The maximum absolute atomic E-state index is 12.8. The van der Waals surface area contributed by atoms with Gasteiger partial charge in [-0.25, -0.2) is 4.79 Å². The molecule has 0 amide bonds. The number of aliphatic carboxylic acids is 1. The summed E-state index contributed by atoms with van der Waals surface area (Å²) in [6, 6.07) is 0. The van der Waals surface area contributed by atoms with E-state index in [1.807, 2.05) is 21.1 Å². The molecule has 0 bridgehead atoms. The van der Waals surface area contributed by atoms with Crippen LogP contribution in [0.25, 0.3) is 0 Å². The molecular weight excluding hydrogens is 827 g/mol. The number of unbranched alkanes of at least 4 members (excludes halogenated alkanes) is 15. The molecule has 9 heteroatoms. The van der Waals surface area contributed by atoms with Gasteiger partial charge in [0.25, 0.3) is 6.29 Å². The molecule has 0 aliphatic heterocycles. The van der Waals surface area contributed by atoms with E-state index in [0.717, 1.165) is 116 Å². The Bertz CT molecular complexity index is 1400. The van der Waals surface area contributed by atoms with Crippen LogP contribution in [0, 0.1) is 0 Å². The molecule has 2 unspecified atom stereocenters. The second-order valence-electron chi connectivity index (χ2n) is 18.1. The highest BCUT2D eigenvalue weighted by Gasteiger charge is 2.25. The lowest BCUT2D eigenvalue weighted by Crippen LogP contribution is -2.40. The molecule has 66 heavy (non-hydrogen) atoms. The zero-order valence-corrected chi connectivity index (χ0v) is 42.6. The third kappa shape index (κ3) is 48.2. The van der Waals surface area contributed by atoms with Crippen molar-refractivity contribution in [2.24, 2.45) is 0 Å². The first kappa shape index (κ1) is 62.2. The number of likely N-dealkylation sites (N-methyl/N-ethyl adjacent to an activating group) is 1. The maximum Gasteiger partial charge on any atom is 0.361 e. The number of nitrogens with zero attached hydrogens (tertiary/aromatic N) is 1. The number of hydrogen-bond donors (Lipinski definition) is 1. The molecule has 0 rings (SSSR count). The smallest absolute Gasteiger partial charge is 0.361 e. The SMILES string of the molecule is CC/C=C\C/C=C\C/C=C\C/C=C\C/C=C\C/C=C\C/C=C\CCCCCCCC(=O)OC(COC(=O)CCCCCCC/C=C\CCCCCCC)COC(OCC[N+](C)(C)C)C(=O)O. The Balaban J connectivity index is 4.39. The molecule has 0 heterocycles. The van der Waals surface area contributed by atoms with Gasteiger partial charge in [-0.05, 0) is 96.3 Å². The molecule has 0 aromatic rings. The number of hydrogen-bond acceptors (Lipinski definition) is 7. The summed E-state index contributed by atoms with van der Waals surface area (Å²) in [4.78, 5) is 37.3. The summed E-state index contributed by atoms with van der Waals surface area (Å²) in [6.07, 6.45) is 60.4. The minimum Gasteiger partial charge on any atom is -0.477 e. The van der Waals surface area contributed by atoms with Crippen LogP contribution in [0.15, 0.2) is 97.2 Å². The van der Waals surface area contributed by atoms with Crippen LogP contribution in [0.5, 0.6) is 0 Å². The quantitative estimate of drug-likeness (QED) is 0.0211. The van der Waals surface area contributed by atoms with Crippen LogP contribution in [0.1, 0.15) is 187 Å². The molecule has 376 valence electrons. The van der Waals surface area contributed by atoms with E-state index >= 15 is 0 Å². The van der Waals surface area contributed by atoms with Gasteiger partial charge in [-0.2, -0.15) is 0 Å². The van der Waals surface area contributed by atoms with E-state index in [4.69, 9.17) is 18.9 Å². The largest absolute Gasteiger partial charge is 0.477 e. The Morgan fingerprint density at radius 1 is 0.470 bits per heavy atom. The predicted molar refractivity (Wildman–Crippen MR) is 276 cm³/mol. The maximum atomic E-state index is 12.8.